The number of carbonyl (C=O) groups excluding carboxylic acids is 1. The average molecular weight is 339 g/mol. The number of nitrogens with zero attached hydrogens (tertiary/aromatic N) is 3. The Hall–Kier alpha value is -2.38. The molecule has 8 heteroatoms. The highest BCUT2D eigenvalue weighted by Crippen LogP contribution is 2.28. The van der Waals surface area contributed by atoms with E-state index in [0.717, 1.165) is 18.9 Å². The molecule has 0 saturated carbocycles. The molecule has 1 amide bonds. The number of likely N-dealkylation sites (tertiary alicyclic amines) is 1. The summed E-state index contributed by atoms with van der Waals surface area (Å²) < 4.78 is 45.0. The second-order valence-corrected chi connectivity index (χ2v) is 5.89. The second kappa shape index (κ2) is 6.26. The van der Waals surface area contributed by atoms with E-state index in [9.17, 15) is 18.0 Å². The lowest BCUT2D eigenvalue weighted by Crippen LogP contribution is -2.34. The van der Waals surface area contributed by atoms with Crippen molar-refractivity contribution in [3.05, 3.63) is 35.5 Å². The minimum Gasteiger partial charge on any atom is -0.338 e. The van der Waals surface area contributed by atoms with Crippen molar-refractivity contribution in [3.63, 3.8) is 0 Å². The number of rotatable bonds is 4. The number of carbonyl (C=O) groups is 1. The summed E-state index contributed by atoms with van der Waals surface area (Å²) in [5, 5.41) is 3.45. The average Bonchev–Trinajstić information content (AvgIpc) is 3.01. The SMILES string of the molecule is CC(F)(F)c1nc(-c2ccc(CN3CCCCC3=O)c(F)c2)no1. The monoisotopic (exact) mass is 339 g/mol. The molecule has 0 spiro atoms. The smallest absolute Gasteiger partial charge is 0.322 e. The third-order valence-corrected chi connectivity index (χ3v) is 3.90. The number of halogens is 3. The molecule has 1 aliphatic heterocycles. The first-order valence-corrected chi connectivity index (χ1v) is 7.63. The molecule has 0 radical (unpaired) electrons. The van der Waals surface area contributed by atoms with Crippen LogP contribution in [-0.4, -0.2) is 27.5 Å². The zero-order valence-corrected chi connectivity index (χ0v) is 13.1. The Morgan fingerprint density at radius 3 is 2.75 bits per heavy atom. The van der Waals surface area contributed by atoms with Gasteiger partial charge in [-0.1, -0.05) is 17.3 Å². The van der Waals surface area contributed by atoms with Gasteiger partial charge in [-0.05, 0) is 18.9 Å². The fourth-order valence-corrected chi connectivity index (χ4v) is 2.57. The molecule has 24 heavy (non-hydrogen) atoms. The molecule has 0 bridgehead atoms. The molecule has 5 nitrogen and oxygen atoms in total. The van der Waals surface area contributed by atoms with Crippen LogP contribution < -0.4 is 0 Å². The van der Waals surface area contributed by atoms with E-state index in [0.29, 0.717) is 25.5 Å². The fraction of sp³-hybridized carbons (Fsp3) is 0.438. The molecular weight excluding hydrogens is 323 g/mol. The molecule has 2 heterocycles. The summed E-state index contributed by atoms with van der Waals surface area (Å²) in [6, 6.07) is 4.19. The fourth-order valence-electron chi connectivity index (χ4n) is 2.57. The van der Waals surface area contributed by atoms with Gasteiger partial charge in [0.1, 0.15) is 5.82 Å². The largest absolute Gasteiger partial charge is 0.338 e. The van der Waals surface area contributed by atoms with Crippen LogP contribution in [0.3, 0.4) is 0 Å². The Labute approximate surface area is 136 Å². The van der Waals surface area contributed by atoms with Gasteiger partial charge in [-0.25, -0.2) is 4.39 Å². The van der Waals surface area contributed by atoms with Crippen LogP contribution in [0.15, 0.2) is 22.7 Å². The molecule has 0 atom stereocenters. The van der Waals surface area contributed by atoms with E-state index in [4.69, 9.17) is 0 Å². The second-order valence-electron chi connectivity index (χ2n) is 5.89. The van der Waals surface area contributed by atoms with Crippen molar-refractivity contribution in [3.8, 4) is 11.4 Å². The first kappa shape index (κ1) is 16.5. The van der Waals surface area contributed by atoms with Crippen molar-refractivity contribution < 1.29 is 22.5 Å². The number of piperidine rings is 1. The maximum Gasteiger partial charge on any atom is 0.322 e. The van der Waals surface area contributed by atoms with Crippen LogP contribution >= 0.6 is 0 Å². The van der Waals surface area contributed by atoms with Gasteiger partial charge in [0.2, 0.25) is 11.7 Å². The van der Waals surface area contributed by atoms with Crippen molar-refractivity contribution in [2.24, 2.45) is 0 Å². The van der Waals surface area contributed by atoms with Crippen molar-refractivity contribution >= 4 is 5.91 Å². The molecule has 0 unspecified atom stereocenters. The molecular formula is C16H16F3N3O2. The molecule has 1 saturated heterocycles. The summed E-state index contributed by atoms with van der Waals surface area (Å²) in [6.45, 7) is 1.44. The van der Waals surface area contributed by atoms with Gasteiger partial charge in [0.05, 0.1) is 0 Å². The van der Waals surface area contributed by atoms with E-state index in [1.807, 2.05) is 0 Å². The predicted molar refractivity (Wildman–Crippen MR) is 78.5 cm³/mol. The van der Waals surface area contributed by atoms with Gasteiger partial charge in [-0.3, -0.25) is 4.79 Å². The molecule has 1 aromatic carbocycles. The zero-order chi connectivity index (χ0) is 17.3. The van der Waals surface area contributed by atoms with Gasteiger partial charge < -0.3 is 9.42 Å². The van der Waals surface area contributed by atoms with E-state index in [2.05, 4.69) is 14.7 Å². The van der Waals surface area contributed by atoms with Crippen molar-refractivity contribution in [1.29, 1.82) is 0 Å². The number of hydrogen-bond acceptors (Lipinski definition) is 4. The molecule has 2 aromatic rings. The molecule has 1 aliphatic rings. The Bertz CT molecular complexity index is 755. The van der Waals surface area contributed by atoms with Crippen LogP contribution in [0.1, 0.15) is 37.6 Å². The summed E-state index contributed by atoms with van der Waals surface area (Å²) in [7, 11) is 0. The number of aromatic nitrogens is 2. The van der Waals surface area contributed by atoms with Gasteiger partial charge in [-0.15, -0.1) is 0 Å². The Kier molecular flexibility index (Phi) is 4.29. The van der Waals surface area contributed by atoms with Crippen LogP contribution in [0.25, 0.3) is 11.4 Å². The number of amides is 1. The van der Waals surface area contributed by atoms with Crippen LogP contribution in [0.5, 0.6) is 0 Å². The van der Waals surface area contributed by atoms with Gasteiger partial charge in [0.25, 0.3) is 5.89 Å². The van der Waals surface area contributed by atoms with Gasteiger partial charge in [-0.2, -0.15) is 13.8 Å². The molecule has 0 aliphatic carbocycles. The van der Waals surface area contributed by atoms with Gasteiger partial charge >= 0.3 is 5.92 Å². The highest BCUT2D eigenvalue weighted by atomic mass is 19.3. The van der Waals surface area contributed by atoms with Gasteiger partial charge in [0, 0.05) is 37.6 Å². The van der Waals surface area contributed by atoms with E-state index < -0.39 is 17.6 Å². The summed E-state index contributed by atoms with van der Waals surface area (Å²) in [4.78, 5) is 17.0. The van der Waals surface area contributed by atoms with Crippen LogP contribution in [0.2, 0.25) is 0 Å². The maximum absolute atomic E-state index is 14.3. The molecule has 1 fully saturated rings. The Morgan fingerprint density at radius 1 is 1.33 bits per heavy atom. The Morgan fingerprint density at radius 2 is 2.12 bits per heavy atom. The predicted octanol–water partition coefficient (Wildman–Crippen LogP) is 3.50. The normalized spacial score (nSPS) is 15.8. The van der Waals surface area contributed by atoms with Crippen molar-refractivity contribution in [2.75, 3.05) is 6.54 Å². The standard InChI is InChI=1S/C16H16F3N3O2/c1-16(18,19)15-20-14(21-24-15)10-5-6-11(12(17)8-10)9-22-7-3-2-4-13(22)23/h5-6,8H,2-4,7,9H2,1H3. The Balaban J connectivity index is 1.79. The molecule has 0 N–H and O–H groups in total. The van der Waals surface area contributed by atoms with Gasteiger partial charge in [0.15, 0.2) is 0 Å². The van der Waals surface area contributed by atoms with Crippen molar-refractivity contribution in [1.82, 2.24) is 15.0 Å². The minimum atomic E-state index is -3.25. The van der Waals surface area contributed by atoms with E-state index >= 15 is 0 Å². The van der Waals surface area contributed by atoms with Crippen molar-refractivity contribution in [2.45, 2.75) is 38.7 Å². The lowest BCUT2D eigenvalue weighted by atomic mass is 10.1. The third-order valence-electron chi connectivity index (χ3n) is 3.90. The van der Waals surface area contributed by atoms with E-state index in [-0.39, 0.29) is 23.8 Å². The lowest BCUT2D eigenvalue weighted by Gasteiger charge is -2.26. The van der Waals surface area contributed by atoms with Crippen LogP contribution in [0.4, 0.5) is 13.2 Å². The topological polar surface area (TPSA) is 59.2 Å². The molecule has 128 valence electrons. The summed E-state index contributed by atoms with van der Waals surface area (Å²) >= 11 is 0. The maximum atomic E-state index is 14.3. The summed E-state index contributed by atoms with van der Waals surface area (Å²) in [6.07, 6.45) is 2.25. The number of benzene rings is 1. The molecule has 1 aromatic heterocycles. The van der Waals surface area contributed by atoms with Crippen LogP contribution in [-0.2, 0) is 17.3 Å². The lowest BCUT2D eigenvalue weighted by molar-refractivity contribution is -0.133. The third kappa shape index (κ3) is 3.42. The zero-order valence-electron chi connectivity index (χ0n) is 13.1. The highest BCUT2D eigenvalue weighted by molar-refractivity contribution is 5.76. The number of alkyl halides is 2. The summed E-state index contributed by atoms with van der Waals surface area (Å²) in [5.41, 5.74) is 0.596. The van der Waals surface area contributed by atoms with Crippen LogP contribution in [0, 0.1) is 5.82 Å². The quantitative estimate of drug-likeness (QED) is 0.855. The van der Waals surface area contributed by atoms with E-state index in [1.165, 1.54) is 12.1 Å². The van der Waals surface area contributed by atoms with E-state index in [1.54, 1.807) is 4.90 Å². The highest BCUT2D eigenvalue weighted by Gasteiger charge is 2.32. The summed E-state index contributed by atoms with van der Waals surface area (Å²) in [5.74, 6) is -4.71. The first-order valence-electron chi connectivity index (χ1n) is 7.63. The number of hydrogen-bond donors (Lipinski definition) is 0. The first-order chi connectivity index (χ1) is 11.3. The molecule has 3 rings (SSSR count). The minimum absolute atomic E-state index is 0.0118.